The van der Waals surface area contributed by atoms with Gasteiger partial charge in [0.1, 0.15) is 11.4 Å². The molecule has 0 saturated carbocycles. The maximum absolute atomic E-state index is 11.2. The lowest BCUT2D eigenvalue weighted by Crippen LogP contribution is -2.11. The van der Waals surface area contributed by atoms with Gasteiger partial charge in [0.2, 0.25) is 0 Å². The molecule has 0 amide bonds. The van der Waals surface area contributed by atoms with Gasteiger partial charge >= 0.3 is 5.69 Å². The second kappa shape index (κ2) is 5.16. The van der Waals surface area contributed by atoms with Gasteiger partial charge in [-0.2, -0.15) is 5.10 Å². The molecule has 5 nitrogen and oxygen atoms in total. The normalized spacial score (nSPS) is 15.0. The lowest BCUT2D eigenvalue weighted by Gasteiger charge is -2.13. The topological polar surface area (TPSA) is 61.0 Å². The quantitative estimate of drug-likeness (QED) is 0.487. The van der Waals surface area contributed by atoms with Crippen LogP contribution in [-0.4, -0.2) is 19.5 Å². The first-order valence-electron chi connectivity index (χ1n) is 5.62. The number of aryl methyl sites for hydroxylation is 1. The molecule has 0 aliphatic rings. The molecule has 2 atom stereocenters. The van der Waals surface area contributed by atoms with Gasteiger partial charge in [-0.25, -0.2) is 0 Å². The van der Waals surface area contributed by atoms with E-state index in [9.17, 15) is 10.1 Å². The highest BCUT2D eigenvalue weighted by Gasteiger charge is 2.32. The fourth-order valence-corrected chi connectivity index (χ4v) is 2.10. The maximum Gasteiger partial charge on any atom is 0.313 e. The van der Waals surface area contributed by atoms with Crippen molar-refractivity contribution in [2.24, 2.45) is 7.05 Å². The standard InChI is InChI=1S/C11H18BrN3O2/c1-6(2)9-11(15(16)17)10(14(5)13-9)7(3)8(4)12/h6-8H,1-5H3. The largest absolute Gasteiger partial charge is 0.313 e. The first-order chi connectivity index (χ1) is 7.77. The summed E-state index contributed by atoms with van der Waals surface area (Å²) >= 11 is 3.48. The predicted octanol–water partition coefficient (Wildman–Crippen LogP) is 3.34. The van der Waals surface area contributed by atoms with Crippen molar-refractivity contribution in [3.63, 3.8) is 0 Å². The molecule has 0 N–H and O–H groups in total. The number of hydrogen-bond acceptors (Lipinski definition) is 3. The van der Waals surface area contributed by atoms with Crippen molar-refractivity contribution < 1.29 is 4.92 Å². The van der Waals surface area contributed by atoms with Gasteiger partial charge in [-0.3, -0.25) is 14.8 Å². The molecule has 0 aromatic carbocycles. The zero-order valence-corrected chi connectivity index (χ0v) is 12.4. The van der Waals surface area contributed by atoms with Gasteiger partial charge in [0.25, 0.3) is 0 Å². The molecule has 0 saturated heterocycles. The molecule has 6 heteroatoms. The summed E-state index contributed by atoms with van der Waals surface area (Å²) in [7, 11) is 1.76. The molecule has 0 bridgehead atoms. The van der Waals surface area contributed by atoms with E-state index in [2.05, 4.69) is 21.0 Å². The van der Waals surface area contributed by atoms with Crippen molar-refractivity contribution in [3.8, 4) is 0 Å². The third-order valence-corrected chi connectivity index (χ3v) is 3.73. The van der Waals surface area contributed by atoms with Crippen LogP contribution >= 0.6 is 15.9 Å². The van der Waals surface area contributed by atoms with Gasteiger partial charge < -0.3 is 0 Å². The Hall–Kier alpha value is -0.910. The van der Waals surface area contributed by atoms with Crippen LogP contribution in [0.5, 0.6) is 0 Å². The highest BCUT2D eigenvalue weighted by Crippen LogP contribution is 2.36. The second-order valence-corrected chi connectivity index (χ2v) is 6.07. The van der Waals surface area contributed by atoms with Crippen LogP contribution in [0.25, 0.3) is 0 Å². The number of alkyl halides is 1. The number of hydrogen-bond donors (Lipinski definition) is 0. The third-order valence-electron chi connectivity index (χ3n) is 2.94. The number of aromatic nitrogens is 2. The predicted molar refractivity (Wildman–Crippen MR) is 70.8 cm³/mol. The lowest BCUT2D eigenvalue weighted by molar-refractivity contribution is -0.386. The van der Waals surface area contributed by atoms with Crippen molar-refractivity contribution >= 4 is 21.6 Å². The van der Waals surface area contributed by atoms with Crippen molar-refractivity contribution in [1.82, 2.24) is 9.78 Å². The zero-order chi connectivity index (χ0) is 13.3. The van der Waals surface area contributed by atoms with E-state index in [4.69, 9.17) is 0 Å². The van der Waals surface area contributed by atoms with Crippen molar-refractivity contribution in [3.05, 3.63) is 21.5 Å². The van der Waals surface area contributed by atoms with Gasteiger partial charge in [0.05, 0.1) is 4.92 Å². The zero-order valence-electron chi connectivity index (χ0n) is 10.8. The average molecular weight is 304 g/mol. The fraction of sp³-hybridized carbons (Fsp3) is 0.727. The van der Waals surface area contributed by atoms with Crippen LogP contribution in [0.3, 0.4) is 0 Å². The molecule has 96 valence electrons. The van der Waals surface area contributed by atoms with E-state index in [1.165, 1.54) is 0 Å². The molecule has 2 unspecified atom stereocenters. The first kappa shape index (κ1) is 14.2. The Bertz CT molecular complexity index is 427. The van der Waals surface area contributed by atoms with E-state index in [1.807, 2.05) is 27.7 Å². The Morgan fingerprint density at radius 3 is 2.24 bits per heavy atom. The molecule has 0 aliphatic carbocycles. The summed E-state index contributed by atoms with van der Waals surface area (Å²) in [4.78, 5) is 11.1. The molecule has 0 spiro atoms. The molecule has 0 aliphatic heterocycles. The number of halogens is 1. The maximum atomic E-state index is 11.2. The fourth-order valence-electron chi connectivity index (χ4n) is 1.85. The summed E-state index contributed by atoms with van der Waals surface area (Å²) in [5.74, 6) is 0.0913. The van der Waals surface area contributed by atoms with Gasteiger partial charge in [-0.15, -0.1) is 0 Å². The number of nitrogens with zero attached hydrogens (tertiary/aromatic N) is 3. The van der Waals surface area contributed by atoms with Crippen molar-refractivity contribution in [2.75, 3.05) is 0 Å². The molecular formula is C11H18BrN3O2. The van der Waals surface area contributed by atoms with E-state index in [0.29, 0.717) is 11.4 Å². The van der Waals surface area contributed by atoms with Gasteiger partial charge in [0.15, 0.2) is 0 Å². The second-order valence-electron chi connectivity index (χ2n) is 4.62. The van der Waals surface area contributed by atoms with Crippen LogP contribution in [0, 0.1) is 10.1 Å². The third kappa shape index (κ3) is 2.68. The van der Waals surface area contributed by atoms with Crippen LogP contribution in [0.4, 0.5) is 5.69 Å². The molecule has 1 rings (SSSR count). The lowest BCUT2D eigenvalue weighted by atomic mass is 10.0. The highest BCUT2D eigenvalue weighted by atomic mass is 79.9. The summed E-state index contributed by atoms with van der Waals surface area (Å²) in [6.45, 7) is 7.78. The van der Waals surface area contributed by atoms with Gasteiger partial charge in [-0.05, 0) is 0 Å². The molecule has 0 radical (unpaired) electrons. The van der Waals surface area contributed by atoms with Gasteiger partial charge in [0, 0.05) is 23.7 Å². The summed E-state index contributed by atoms with van der Waals surface area (Å²) in [5, 5.41) is 15.5. The van der Waals surface area contributed by atoms with Crippen molar-refractivity contribution in [1.29, 1.82) is 0 Å². The Morgan fingerprint density at radius 2 is 1.88 bits per heavy atom. The first-order valence-corrected chi connectivity index (χ1v) is 6.54. The van der Waals surface area contributed by atoms with Gasteiger partial charge in [-0.1, -0.05) is 43.6 Å². The van der Waals surface area contributed by atoms with Crippen LogP contribution in [0.2, 0.25) is 0 Å². The summed E-state index contributed by atoms with van der Waals surface area (Å²) in [5.41, 5.74) is 1.41. The van der Waals surface area contributed by atoms with E-state index in [1.54, 1.807) is 11.7 Å². The van der Waals surface area contributed by atoms with E-state index < -0.39 is 0 Å². The summed E-state index contributed by atoms with van der Waals surface area (Å²) in [6, 6.07) is 0. The molecule has 1 aromatic rings. The Morgan fingerprint density at radius 1 is 1.35 bits per heavy atom. The Balaban J connectivity index is 3.43. The Labute approximate surface area is 109 Å². The highest BCUT2D eigenvalue weighted by molar-refractivity contribution is 9.09. The van der Waals surface area contributed by atoms with Crippen LogP contribution in [-0.2, 0) is 7.05 Å². The minimum absolute atomic E-state index is 0.0420. The van der Waals surface area contributed by atoms with E-state index in [-0.39, 0.29) is 27.3 Å². The van der Waals surface area contributed by atoms with E-state index >= 15 is 0 Å². The monoisotopic (exact) mass is 303 g/mol. The SMILES string of the molecule is CC(C)c1nn(C)c(C(C)C(C)Br)c1[N+](=O)[O-]. The van der Waals surface area contributed by atoms with Crippen molar-refractivity contribution in [2.45, 2.75) is 44.4 Å². The van der Waals surface area contributed by atoms with E-state index in [0.717, 1.165) is 0 Å². The summed E-state index contributed by atoms with van der Waals surface area (Å²) < 4.78 is 1.63. The van der Waals surface area contributed by atoms with Crippen LogP contribution in [0.1, 0.15) is 50.9 Å². The number of rotatable bonds is 4. The molecule has 1 aromatic heterocycles. The average Bonchev–Trinajstić information content (AvgIpc) is 2.54. The molecule has 0 fully saturated rings. The summed E-state index contributed by atoms with van der Waals surface area (Å²) in [6.07, 6.45) is 0. The number of nitro groups is 1. The molecular weight excluding hydrogens is 286 g/mol. The van der Waals surface area contributed by atoms with Crippen LogP contribution < -0.4 is 0 Å². The molecule has 17 heavy (non-hydrogen) atoms. The minimum Gasteiger partial charge on any atom is -0.265 e. The van der Waals surface area contributed by atoms with Crippen LogP contribution in [0.15, 0.2) is 0 Å². The molecule has 1 heterocycles. The minimum atomic E-state index is -0.316. The Kier molecular flexibility index (Phi) is 4.30. The smallest absolute Gasteiger partial charge is 0.265 e.